The maximum absolute atomic E-state index is 12.0. The van der Waals surface area contributed by atoms with Gasteiger partial charge in [-0.1, -0.05) is 18.2 Å². The monoisotopic (exact) mass is 287 g/mol. The van der Waals surface area contributed by atoms with Crippen LogP contribution in [0.15, 0.2) is 36.4 Å². The number of nitrogens with one attached hydrogen (secondary N) is 2. The van der Waals surface area contributed by atoms with Crippen molar-refractivity contribution in [1.82, 2.24) is 10.9 Å². The minimum absolute atomic E-state index is 0.163. The van der Waals surface area contributed by atoms with Gasteiger partial charge < -0.3 is 4.90 Å². The molecule has 1 aromatic carbocycles. The zero-order chi connectivity index (χ0) is 15.2. The van der Waals surface area contributed by atoms with Crippen LogP contribution in [-0.4, -0.2) is 25.9 Å². The lowest BCUT2D eigenvalue weighted by Crippen LogP contribution is -2.42. The van der Waals surface area contributed by atoms with Gasteiger partial charge in [-0.2, -0.15) is 0 Å². The average Bonchev–Trinajstić information content (AvgIpc) is 2.97. The smallest absolute Gasteiger partial charge is 0.269 e. The molecule has 1 unspecified atom stereocenters. The third-order valence-corrected chi connectivity index (χ3v) is 3.50. The van der Waals surface area contributed by atoms with Crippen LogP contribution in [0.2, 0.25) is 0 Å². The Kier molecular flexibility index (Phi) is 4.98. The van der Waals surface area contributed by atoms with Crippen molar-refractivity contribution in [2.75, 3.05) is 19.0 Å². The van der Waals surface area contributed by atoms with Crippen molar-refractivity contribution >= 4 is 17.5 Å². The normalized spacial score (nSPS) is 16.6. The van der Waals surface area contributed by atoms with E-state index in [0.29, 0.717) is 17.9 Å². The summed E-state index contributed by atoms with van der Waals surface area (Å²) in [5.41, 5.74) is 6.38. The second-order valence-electron chi connectivity index (χ2n) is 5.42. The summed E-state index contributed by atoms with van der Waals surface area (Å²) in [6.07, 6.45) is 6.59. The maximum atomic E-state index is 12.0. The first-order valence-corrected chi connectivity index (χ1v) is 7.09. The van der Waals surface area contributed by atoms with Gasteiger partial charge in [0.2, 0.25) is 5.91 Å². The number of allylic oxidation sites excluding steroid dienone is 2. The molecule has 2 rings (SSSR count). The number of carbonyl (C=O) groups is 2. The van der Waals surface area contributed by atoms with Crippen LogP contribution in [0.1, 0.15) is 29.6 Å². The van der Waals surface area contributed by atoms with E-state index >= 15 is 0 Å². The number of rotatable bonds is 4. The van der Waals surface area contributed by atoms with Crippen LogP contribution < -0.4 is 15.8 Å². The molecule has 0 aliphatic heterocycles. The van der Waals surface area contributed by atoms with Crippen molar-refractivity contribution in [3.05, 3.63) is 42.0 Å². The van der Waals surface area contributed by atoms with Gasteiger partial charge in [0, 0.05) is 31.8 Å². The van der Waals surface area contributed by atoms with Gasteiger partial charge in [0.25, 0.3) is 5.91 Å². The molecule has 1 atom stereocenters. The van der Waals surface area contributed by atoms with Crippen molar-refractivity contribution in [3.8, 4) is 0 Å². The molecule has 0 heterocycles. The first-order chi connectivity index (χ1) is 10.1. The van der Waals surface area contributed by atoms with Crippen LogP contribution in [0.25, 0.3) is 0 Å². The predicted octanol–water partition coefficient (Wildman–Crippen LogP) is 1.87. The Hall–Kier alpha value is -2.30. The average molecular weight is 287 g/mol. The van der Waals surface area contributed by atoms with E-state index < -0.39 is 0 Å². The standard InChI is InChI=1S/C16H21N3O2/c1-19(2)14-9-5-8-13(11-14)16(21)18-17-15(20)10-12-6-3-4-7-12/h3,5-6,8-9,11-12H,4,7,10H2,1-2H3,(H,17,20)(H,18,21). The quantitative estimate of drug-likeness (QED) is 0.656. The van der Waals surface area contributed by atoms with E-state index in [1.165, 1.54) is 0 Å². The Morgan fingerprint density at radius 2 is 2.10 bits per heavy atom. The molecule has 0 saturated heterocycles. The molecule has 21 heavy (non-hydrogen) atoms. The van der Waals surface area contributed by atoms with Crippen LogP contribution in [0.4, 0.5) is 5.69 Å². The number of hydrogen-bond donors (Lipinski definition) is 2. The molecule has 0 spiro atoms. The third-order valence-electron chi connectivity index (χ3n) is 3.50. The minimum Gasteiger partial charge on any atom is -0.378 e. The van der Waals surface area contributed by atoms with Gasteiger partial charge in [-0.05, 0) is 37.0 Å². The zero-order valence-corrected chi connectivity index (χ0v) is 12.4. The molecule has 1 aromatic rings. The minimum atomic E-state index is -0.311. The van der Waals surface area contributed by atoms with Gasteiger partial charge in [-0.3, -0.25) is 20.4 Å². The molecule has 2 N–H and O–H groups in total. The summed E-state index contributed by atoms with van der Waals surface area (Å²) in [6.45, 7) is 0. The SMILES string of the molecule is CN(C)c1cccc(C(=O)NNC(=O)CC2C=CCC2)c1. The lowest BCUT2D eigenvalue weighted by molar-refractivity contribution is -0.122. The second-order valence-corrected chi connectivity index (χ2v) is 5.42. The number of benzene rings is 1. The summed E-state index contributed by atoms with van der Waals surface area (Å²) >= 11 is 0. The lowest BCUT2D eigenvalue weighted by Gasteiger charge is -2.14. The van der Waals surface area contributed by atoms with Crippen molar-refractivity contribution in [3.63, 3.8) is 0 Å². The highest BCUT2D eigenvalue weighted by Crippen LogP contribution is 2.19. The molecular formula is C16H21N3O2. The van der Waals surface area contributed by atoms with Crippen LogP contribution in [0.5, 0.6) is 0 Å². The van der Waals surface area contributed by atoms with Crippen LogP contribution >= 0.6 is 0 Å². The number of hydrogen-bond acceptors (Lipinski definition) is 3. The van der Waals surface area contributed by atoms with Gasteiger partial charge in [-0.15, -0.1) is 0 Å². The van der Waals surface area contributed by atoms with E-state index in [0.717, 1.165) is 18.5 Å². The van der Waals surface area contributed by atoms with E-state index in [2.05, 4.69) is 23.0 Å². The molecule has 1 aliphatic rings. The predicted molar refractivity (Wildman–Crippen MR) is 82.9 cm³/mol. The number of amides is 2. The summed E-state index contributed by atoms with van der Waals surface area (Å²) < 4.78 is 0. The highest BCUT2D eigenvalue weighted by Gasteiger charge is 2.14. The fourth-order valence-electron chi connectivity index (χ4n) is 2.28. The summed E-state index contributed by atoms with van der Waals surface area (Å²) in [7, 11) is 3.82. The first kappa shape index (κ1) is 15.1. The van der Waals surface area contributed by atoms with Crippen LogP contribution in [0.3, 0.4) is 0 Å². The zero-order valence-electron chi connectivity index (χ0n) is 12.4. The fraction of sp³-hybridized carbons (Fsp3) is 0.375. The molecule has 0 radical (unpaired) electrons. The Labute approximate surface area is 125 Å². The van der Waals surface area contributed by atoms with Crippen LogP contribution in [0, 0.1) is 5.92 Å². The second kappa shape index (κ2) is 6.92. The van der Waals surface area contributed by atoms with Crippen molar-refractivity contribution in [2.24, 2.45) is 5.92 Å². The first-order valence-electron chi connectivity index (χ1n) is 7.09. The van der Waals surface area contributed by atoms with Crippen LogP contribution in [-0.2, 0) is 4.79 Å². The topological polar surface area (TPSA) is 61.4 Å². The van der Waals surface area contributed by atoms with E-state index in [-0.39, 0.29) is 11.8 Å². The number of carbonyl (C=O) groups excluding carboxylic acids is 2. The lowest BCUT2D eigenvalue weighted by atomic mass is 10.1. The van der Waals surface area contributed by atoms with E-state index in [4.69, 9.17) is 0 Å². The van der Waals surface area contributed by atoms with Crippen molar-refractivity contribution in [1.29, 1.82) is 0 Å². The Morgan fingerprint density at radius 3 is 2.76 bits per heavy atom. The highest BCUT2D eigenvalue weighted by molar-refractivity contribution is 5.96. The van der Waals surface area contributed by atoms with Crippen molar-refractivity contribution in [2.45, 2.75) is 19.3 Å². The van der Waals surface area contributed by atoms with Gasteiger partial charge in [0.15, 0.2) is 0 Å². The Balaban J connectivity index is 1.85. The van der Waals surface area contributed by atoms with Crippen molar-refractivity contribution < 1.29 is 9.59 Å². The molecule has 0 aromatic heterocycles. The van der Waals surface area contributed by atoms with Gasteiger partial charge >= 0.3 is 0 Å². The van der Waals surface area contributed by atoms with Gasteiger partial charge in [0.1, 0.15) is 0 Å². The van der Waals surface area contributed by atoms with E-state index in [1.54, 1.807) is 12.1 Å². The largest absolute Gasteiger partial charge is 0.378 e. The van der Waals surface area contributed by atoms with E-state index in [9.17, 15) is 9.59 Å². The molecule has 0 fully saturated rings. The molecule has 0 saturated carbocycles. The molecule has 2 amide bonds. The number of hydrazine groups is 1. The summed E-state index contributed by atoms with van der Waals surface area (Å²) in [5.74, 6) is -0.184. The molecule has 5 heteroatoms. The highest BCUT2D eigenvalue weighted by atomic mass is 16.2. The Bertz CT molecular complexity index is 552. The number of anilines is 1. The fourth-order valence-corrected chi connectivity index (χ4v) is 2.28. The van der Waals surface area contributed by atoms with Gasteiger partial charge in [0.05, 0.1) is 0 Å². The summed E-state index contributed by atoms with van der Waals surface area (Å²) in [4.78, 5) is 25.7. The molecule has 1 aliphatic carbocycles. The molecule has 5 nitrogen and oxygen atoms in total. The number of nitrogens with zero attached hydrogens (tertiary/aromatic N) is 1. The van der Waals surface area contributed by atoms with Gasteiger partial charge in [-0.25, -0.2) is 0 Å². The molecule has 0 bridgehead atoms. The molecular weight excluding hydrogens is 266 g/mol. The molecule has 112 valence electrons. The third kappa shape index (κ3) is 4.34. The van der Waals surface area contributed by atoms with E-state index in [1.807, 2.05) is 31.1 Å². The Morgan fingerprint density at radius 1 is 1.29 bits per heavy atom. The summed E-state index contributed by atoms with van der Waals surface area (Å²) in [6, 6.07) is 7.23. The summed E-state index contributed by atoms with van der Waals surface area (Å²) in [5, 5.41) is 0. The maximum Gasteiger partial charge on any atom is 0.269 e.